The van der Waals surface area contributed by atoms with Gasteiger partial charge in [-0.3, -0.25) is 4.57 Å². The van der Waals surface area contributed by atoms with Crippen LogP contribution in [-0.4, -0.2) is 14.1 Å². The Kier molecular flexibility index (Phi) is 3.94. The first-order valence-electron chi connectivity index (χ1n) is 12.2. The number of hydrogen-bond acceptors (Lipinski definition) is 1. The molecule has 0 atom stereocenters. The van der Waals surface area contributed by atoms with Crippen LogP contribution in [0.3, 0.4) is 0 Å². The monoisotopic (exact) mass is 459 g/mol. The van der Waals surface area contributed by atoms with Gasteiger partial charge in [0.25, 0.3) is 0 Å². The summed E-state index contributed by atoms with van der Waals surface area (Å²) in [5, 5.41) is 7.51. The van der Waals surface area contributed by atoms with E-state index < -0.39 is 0 Å². The summed E-state index contributed by atoms with van der Waals surface area (Å²) in [6.45, 7) is 0. The molecule has 0 fully saturated rings. The first kappa shape index (κ1) is 19.4. The molecule has 0 spiro atoms. The molecule has 3 heteroatoms. The molecule has 8 aromatic rings. The second-order valence-electron chi connectivity index (χ2n) is 9.28. The fourth-order valence-electron chi connectivity index (χ4n) is 5.82. The van der Waals surface area contributed by atoms with Gasteiger partial charge >= 0.3 is 0 Å². The van der Waals surface area contributed by atoms with Gasteiger partial charge in [-0.25, -0.2) is 4.98 Å². The normalized spacial score (nSPS) is 11.9. The van der Waals surface area contributed by atoms with E-state index in [9.17, 15) is 0 Å². The molecule has 0 aliphatic heterocycles. The molecular weight excluding hydrogens is 438 g/mol. The summed E-state index contributed by atoms with van der Waals surface area (Å²) in [6.07, 6.45) is 1.86. The summed E-state index contributed by atoms with van der Waals surface area (Å²) in [6, 6.07) is 43.3. The van der Waals surface area contributed by atoms with Crippen LogP contribution in [0.2, 0.25) is 0 Å². The largest absolute Gasteiger partial charge is 0.309 e. The van der Waals surface area contributed by atoms with Crippen LogP contribution in [0, 0.1) is 0 Å². The molecule has 3 nitrogen and oxygen atoms in total. The molecular formula is C33H21N3. The molecule has 8 rings (SSSR count). The first-order chi connectivity index (χ1) is 17.9. The highest BCUT2D eigenvalue weighted by Gasteiger charge is 2.19. The fourth-order valence-corrected chi connectivity index (χ4v) is 5.82. The van der Waals surface area contributed by atoms with Crippen LogP contribution in [0.25, 0.3) is 65.9 Å². The van der Waals surface area contributed by atoms with Gasteiger partial charge in [-0.1, -0.05) is 78.9 Å². The van der Waals surface area contributed by atoms with Gasteiger partial charge in [0, 0.05) is 38.8 Å². The minimum absolute atomic E-state index is 0.927. The van der Waals surface area contributed by atoms with Crippen LogP contribution in [0.5, 0.6) is 0 Å². The van der Waals surface area contributed by atoms with Gasteiger partial charge in [0.05, 0.1) is 22.1 Å². The van der Waals surface area contributed by atoms with Crippen LogP contribution in [-0.2, 0) is 0 Å². The molecule has 0 aliphatic rings. The topological polar surface area (TPSA) is 22.8 Å². The molecule has 0 amide bonds. The third kappa shape index (κ3) is 2.60. The molecule has 0 aliphatic carbocycles. The van der Waals surface area contributed by atoms with Gasteiger partial charge < -0.3 is 4.57 Å². The van der Waals surface area contributed by atoms with Crippen LogP contribution >= 0.6 is 0 Å². The fraction of sp³-hybridized carbons (Fsp3) is 0. The predicted octanol–water partition coefficient (Wildman–Crippen LogP) is 8.43. The van der Waals surface area contributed by atoms with Crippen molar-refractivity contribution in [2.75, 3.05) is 0 Å². The maximum absolute atomic E-state index is 4.72. The Labute approximate surface area is 207 Å². The molecule has 168 valence electrons. The van der Waals surface area contributed by atoms with E-state index in [-0.39, 0.29) is 0 Å². The lowest BCUT2D eigenvalue weighted by Crippen LogP contribution is -1.97. The Morgan fingerprint density at radius 2 is 1.17 bits per heavy atom. The van der Waals surface area contributed by atoms with E-state index in [4.69, 9.17) is 4.98 Å². The molecule has 5 aromatic carbocycles. The summed E-state index contributed by atoms with van der Waals surface area (Å²) in [5.41, 5.74) is 5.93. The number of fused-ring (bicyclic) bond motifs is 8. The number of rotatable bonds is 2. The zero-order chi connectivity index (χ0) is 23.6. The van der Waals surface area contributed by atoms with Crippen molar-refractivity contribution in [3.05, 3.63) is 128 Å². The lowest BCUT2D eigenvalue weighted by molar-refractivity contribution is 1.08. The number of hydrogen-bond donors (Lipinski definition) is 0. The SMILES string of the molecule is c1ccc(-n2c3cc4c(cc3c3ccc5ccccc5c32)c2ccccc2n4-c2ccccn2)cc1. The Bertz CT molecular complexity index is 2080. The highest BCUT2D eigenvalue weighted by atomic mass is 15.1. The standard InChI is InChI=1S/C33H21N3/c1-2-11-23(12-3-1)35-30-21-31-27(20-28(30)26-18-17-22-10-4-5-13-24(22)33(26)35)25-14-6-7-15-29(25)36(31)32-16-8-9-19-34-32/h1-21H. The van der Waals surface area contributed by atoms with Crippen molar-refractivity contribution in [3.63, 3.8) is 0 Å². The van der Waals surface area contributed by atoms with Gasteiger partial charge in [-0.05, 0) is 47.9 Å². The van der Waals surface area contributed by atoms with Crippen molar-refractivity contribution >= 4 is 54.4 Å². The highest BCUT2D eigenvalue weighted by Crippen LogP contribution is 2.41. The number of aromatic nitrogens is 3. The Balaban J connectivity index is 1.63. The van der Waals surface area contributed by atoms with Crippen molar-refractivity contribution in [1.29, 1.82) is 0 Å². The summed E-state index contributed by atoms with van der Waals surface area (Å²) in [7, 11) is 0. The molecule has 0 saturated carbocycles. The molecule has 3 aromatic heterocycles. The van der Waals surface area contributed by atoms with Gasteiger partial charge in [0.1, 0.15) is 5.82 Å². The van der Waals surface area contributed by atoms with Gasteiger partial charge in [-0.2, -0.15) is 0 Å². The van der Waals surface area contributed by atoms with Gasteiger partial charge in [-0.15, -0.1) is 0 Å². The minimum Gasteiger partial charge on any atom is -0.309 e. The highest BCUT2D eigenvalue weighted by molar-refractivity contribution is 6.23. The summed E-state index contributed by atoms with van der Waals surface area (Å²) < 4.78 is 4.71. The molecule has 0 unspecified atom stereocenters. The smallest absolute Gasteiger partial charge is 0.137 e. The van der Waals surface area contributed by atoms with E-state index in [1.165, 1.54) is 48.9 Å². The zero-order valence-corrected chi connectivity index (χ0v) is 19.5. The number of pyridine rings is 1. The number of benzene rings is 5. The molecule has 3 heterocycles. The summed E-state index contributed by atoms with van der Waals surface area (Å²) >= 11 is 0. The summed E-state index contributed by atoms with van der Waals surface area (Å²) in [5.74, 6) is 0.927. The van der Waals surface area contributed by atoms with Gasteiger partial charge in [0.2, 0.25) is 0 Å². The second kappa shape index (κ2) is 7.30. The quantitative estimate of drug-likeness (QED) is 0.254. The summed E-state index contributed by atoms with van der Waals surface area (Å²) in [4.78, 5) is 4.72. The number of para-hydroxylation sites is 2. The van der Waals surface area contributed by atoms with Crippen molar-refractivity contribution in [3.8, 4) is 11.5 Å². The van der Waals surface area contributed by atoms with Crippen molar-refractivity contribution < 1.29 is 0 Å². The van der Waals surface area contributed by atoms with E-state index in [1.54, 1.807) is 0 Å². The average Bonchev–Trinajstić information content (AvgIpc) is 3.45. The molecule has 0 N–H and O–H groups in total. The van der Waals surface area contributed by atoms with E-state index in [2.05, 4.69) is 124 Å². The van der Waals surface area contributed by atoms with E-state index in [0.29, 0.717) is 0 Å². The van der Waals surface area contributed by atoms with Crippen LogP contribution < -0.4 is 0 Å². The minimum atomic E-state index is 0.927. The lowest BCUT2D eigenvalue weighted by atomic mass is 10.0. The molecule has 0 radical (unpaired) electrons. The maximum atomic E-state index is 4.72. The van der Waals surface area contributed by atoms with Crippen LogP contribution in [0.15, 0.2) is 128 Å². The first-order valence-corrected chi connectivity index (χ1v) is 12.2. The van der Waals surface area contributed by atoms with E-state index >= 15 is 0 Å². The maximum Gasteiger partial charge on any atom is 0.137 e. The zero-order valence-electron chi connectivity index (χ0n) is 19.5. The van der Waals surface area contributed by atoms with Crippen LogP contribution in [0.4, 0.5) is 0 Å². The van der Waals surface area contributed by atoms with Crippen molar-refractivity contribution in [2.45, 2.75) is 0 Å². The van der Waals surface area contributed by atoms with E-state index in [0.717, 1.165) is 17.0 Å². The van der Waals surface area contributed by atoms with Crippen LogP contribution in [0.1, 0.15) is 0 Å². The molecule has 36 heavy (non-hydrogen) atoms. The number of nitrogens with zero attached hydrogens (tertiary/aromatic N) is 3. The Morgan fingerprint density at radius 3 is 2.03 bits per heavy atom. The van der Waals surface area contributed by atoms with Crippen molar-refractivity contribution in [2.24, 2.45) is 0 Å². The Morgan fingerprint density at radius 1 is 0.444 bits per heavy atom. The van der Waals surface area contributed by atoms with Gasteiger partial charge in [0.15, 0.2) is 0 Å². The average molecular weight is 460 g/mol. The lowest BCUT2D eigenvalue weighted by Gasteiger charge is -2.10. The molecule has 0 bridgehead atoms. The third-order valence-corrected chi connectivity index (χ3v) is 7.34. The Hall–Kier alpha value is -4.89. The third-order valence-electron chi connectivity index (χ3n) is 7.34. The molecule has 0 saturated heterocycles. The van der Waals surface area contributed by atoms with E-state index in [1.807, 2.05) is 12.3 Å². The second-order valence-corrected chi connectivity index (χ2v) is 9.28. The van der Waals surface area contributed by atoms with Crippen molar-refractivity contribution in [1.82, 2.24) is 14.1 Å². The predicted molar refractivity (Wildman–Crippen MR) is 150 cm³/mol.